The highest BCUT2D eigenvalue weighted by atomic mass is 35.5. The number of benzene rings is 1. The molecule has 0 saturated heterocycles. The average Bonchev–Trinajstić information content (AvgIpc) is 2.81. The van der Waals surface area contributed by atoms with E-state index < -0.39 is 0 Å². The number of imidazole rings is 1. The van der Waals surface area contributed by atoms with Gasteiger partial charge < -0.3 is 4.57 Å². The summed E-state index contributed by atoms with van der Waals surface area (Å²) in [5.41, 5.74) is 2.44. The van der Waals surface area contributed by atoms with Crippen molar-refractivity contribution in [2.75, 3.05) is 5.88 Å². The summed E-state index contributed by atoms with van der Waals surface area (Å²) in [5.74, 6) is 0.552. The lowest BCUT2D eigenvalue weighted by atomic mass is 10.1. The zero-order chi connectivity index (χ0) is 11.2. The SMILES string of the molecule is Cl.ClC/C=C/c1ccc(Cn2ccnc2)cc1. The number of nitrogens with zero attached hydrogens (tertiary/aromatic N) is 2. The number of halogens is 2. The molecular formula is C13H14Cl2N2. The van der Waals surface area contributed by atoms with E-state index in [1.807, 2.05) is 29.2 Å². The van der Waals surface area contributed by atoms with Crippen molar-refractivity contribution >= 4 is 30.1 Å². The first-order valence-corrected chi connectivity index (χ1v) is 5.69. The molecule has 0 fully saturated rings. The molecule has 2 aromatic rings. The maximum Gasteiger partial charge on any atom is 0.0949 e. The molecule has 1 aromatic heterocycles. The summed E-state index contributed by atoms with van der Waals surface area (Å²) in [5, 5.41) is 0. The lowest BCUT2D eigenvalue weighted by Crippen LogP contribution is -1.95. The van der Waals surface area contributed by atoms with Crippen molar-refractivity contribution in [3.05, 3.63) is 60.2 Å². The number of rotatable bonds is 4. The van der Waals surface area contributed by atoms with Crippen LogP contribution in [0.5, 0.6) is 0 Å². The number of alkyl halides is 1. The Bertz CT molecular complexity index is 447. The number of allylic oxidation sites excluding steroid dienone is 1. The fourth-order valence-corrected chi connectivity index (χ4v) is 1.59. The van der Waals surface area contributed by atoms with Crippen LogP contribution >= 0.6 is 24.0 Å². The Hall–Kier alpha value is -1.25. The first-order chi connectivity index (χ1) is 7.88. The monoisotopic (exact) mass is 268 g/mol. The van der Waals surface area contributed by atoms with Crippen molar-refractivity contribution in [1.82, 2.24) is 9.55 Å². The van der Waals surface area contributed by atoms with Gasteiger partial charge in [-0.05, 0) is 11.1 Å². The Morgan fingerprint density at radius 2 is 2.00 bits per heavy atom. The van der Waals surface area contributed by atoms with Crippen molar-refractivity contribution in [2.24, 2.45) is 0 Å². The van der Waals surface area contributed by atoms with Gasteiger partial charge >= 0.3 is 0 Å². The highest BCUT2D eigenvalue weighted by Crippen LogP contribution is 2.08. The lowest BCUT2D eigenvalue weighted by Gasteiger charge is -2.02. The zero-order valence-electron chi connectivity index (χ0n) is 9.29. The third kappa shape index (κ3) is 4.25. The first-order valence-electron chi connectivity index (χ1n) is 5.15. The van der Waals surface area contributed by atoms with E-state index in [9.17, 15) is 0 Å². The Kier molecular flexibility index (Phi) is 5.81. The van der Waals surface area contributed by atoms with Crippen LogP contribution in [-0.4, -0.2) is 15.4 Å². The van der Waals surface area contributed by atoms with Crippen LogP contribution in [0.1, 0.15) is 11.1 Å². The molecular weight excluding hydrogens is 255 g/mol. The smallest absolute Gasteiger partial charge is 0.0949 e. The number of hydrogen-bond donors (Lipinski definition) is 0. The highest BCUT2D eigenvalue weighted by molar-refractivity contribution is 6.19. The average molecular weight is 269 g/mol. The predicted octanol–water partition coefficient (Wildman–Crippen LogP) is 3.61. The summed E-state index contributed by atoms with van der Waals surface area (Å²) >= 11 is 5.58. The molecule has 0 aliphatic carbocycles. The molecule has 0 bridgehead atoms. The molecule has 0 aliphatic heterocycles. The van der Waals surface area contributed by atoms with Gasteiger partial charge in [-0.3, -0.25) is 0 Å². The molecule has 1 heterocycles. The second-order valence-corrected chi connectivity index (χ2v) is 3.84. The molecule has 0 N–H and O–H groups in total. The van der Waals surface area contributed by atoms with Gasteiger partial charge in [0.2, 0.25) is 0 Å². The molecule has 1 aromatic carbocycles. The summed E-state index contributed by atoms with van der Waals surface area (Å²) in [7, 11) is 0. The van der Waals surface area contributed by atoms with E-state index in [1.165, 1.54) is 11.1 Å². The van der Waals surface area contributed by atoms with Crippen LogP contribution in [0.25, 0.3) is 6.08 Å². The van der Waals surface area contributed by atoms with Gasteiger partial charge in [-0.1, -0.05) is 36.4 Å². The van der Waals surface area contributed by atoms with E-state index in [0.717, 1.165) is 6.54 Å². The zero-order valence-corrected chi connectivity index (χ0v) is 10.9. The second kappa shape index (κ2) is 7.15. The summed E-state index contributed by atoms with van der Waals surface area (Å²) in [6.45, 7) is 0.861. The summed E-state index contributed by atoms with van der Waals surface area (Å²) in [6.07, 6.45) is 9.53. The fourth-order valence-electron chi connectivity index (χ4n) is 1.51. The van der Waals surface area contributed by atoms with Crippen LogP contribution in [0.3, 0.4) is 0 Å². The molecule has 0 saturated carbocycles. The molecule has 90 valence electrons. The van der Waals surface area contributed by atoms with Crippen LogP contribution in [0.4, 0.5) is 0 Å². The fraction of sp³-hybridized carbons (Fsp3) is 0.154. The molecule has 0 atom stereocenters. The quantitative estimate of drug-likeness (QED) is 0.775. The standard InChI is InChI=1S/C13H13ClN2.ClH/c14-7-1-2-12-3-5-13(6-4-12)10-16-9-8-15-11-16;/h1-6,8-9,11H,7,10H2;1H/b2-1+;. The van der Waals surface area contributed by atoms with Crippen molar-refractivity contribution in [3.63, 3.8) is 0 Å². The van der Waals surface area contributed by atoms with Crippen molar-refractivity contribution in [3.8, 4) is 0 Å². The maximum atomic E-state index is 5.58. The van der Waals surface area contributed by atoms with E-state index in [0.29, 0.717) is 5.88 Å². The van der Waals surface area contributed by atoms with Gasteiger partial charge in [0.25, 0.3) is 0 Å². The number of aromatic nitrogens is 2. The summed E-state index contributed by atoms with van der Waals surface area (Å²) in [6, 6.07) is 8.42. The predicted molar refractivity (Wildman–Crippen MR) is 74.8 cm³/mol. The third-order valence-corrected chi connectivity index (χ3v) is 2.48. The van der Waals surface area contributed by atoms with Gasteiger partial charge in [-0.2, -0.15) is 0 Å². The molecule has 0 aliphatic rings. The van der Waals surface area contributed by atoms with Crippen molar-refractivity contribution < 1.29 is 0 Å². The summed E-state index contributed by atoms with van der Waals surface area (Å²) < 4.78 is 2.05. The van der Waals surface area contributed by atoms with Crippen LogP contribution in [0.15, 0.2) is 49.1 Å². The molecule has 0 amide bonds. The first kappa shape index (κ1) is 13.8. The van der Waals surface area contributed by atoms with E-state index in [2.05, 4.69) is 29.2 Å². The summed E-state index contributed by atoms with van der Waals surface area (Å²) in [4.78, 5) is 4.01. The largest absolute Gasteiger partial charge is 0.333 e. The van der Waals surface area contributed by atoms with Crippen molar-refractivity contribution in [1.29, 1.82) is 0 Å². The minimum Gasteiger partial charge on any atom is -0.333 e. The molecule has 0 spiro atoms. The van der Waals surface area contributed by atoms with Gasteiger partial charge in [0.1, 0.15) is 0 Å². The van der Waals surface area contributed by atoms with Gasteiger partial charge in [-0.25, -0.2) is 4.98 Å². The lowest BCUT2D eigenvalue weighted by molar-refractivity contribution is 0.797. The molecule has 0 radical (unpaired) electrons. The molecule has 0 unspecified atom stereocenters. The highest BCUT2D eigenvalue weighted by Gasteiger charge is 1.94. The second-order valence-electron chi connectivity index (χ2n) is 3.53. The van der Waals surface area contributed by atoms with Gasteiger partial charge in [-0.15, -0.1) is 24.0 Å². The van der Waals surface area contributed by atoms with Crippen molar-refractivity contribution in [2.45, 2.75) is 6.54 Å². The Morgan fingerprint density at radius 1 is 1.24 bits per heavy atom. The van der Waals surface area contributed by atoms with E-state index in [-0.39, 0.29) is 12.4 Å². The topological polar surface area (TPSA) is 17.8 Å². The number of hydrogen-bond acceptors (Lipinski definition) is 1. The molecule has 4 heteroatoms. The Balaban J connectivity index is 0.00000144. The van der Waals surface area contributed by atoms with Crippen LogP contribution in [-0.2, 0) is 6.54 Å². The van der Waals surface area contributed by atoms with E-state index in [4.69, 9.17) is 11.6 Å². The van der Waals surface area contributed by atoms with E-state index >= 15 is 0 Å². The van der Waals surface area contributed by atoms with Gasteiger partial charge in [0, 0.05) is 24.8 Å². The van der Waals surface area contributed by atoms with E-state index in [1.54, 1.807) is 6.20 Å². The molecule has 17 heavy (non-hydrogen) atoms. The Morgan fingerprint density at radius 3 is 2.59 bits per heavy atom. The van der Waals surface area contributed by atoms with Gasteiger partial charge in [0.15, 0.2) is 0 Å². The maximum absolute atomic E-state index is 5.58. The van der Waals surface area contributed by atoms with Gasteiger partial charge in [0.05, 0.1) is 6.33 Å². The molecule has 2 rings (SSSR count). The minimum absolute atomic E-state index is 0. The third-order valence-electron chi connectivity index (χ3n) is 2.30. The van der Waals surface area contributed by atoms with Crippen LogP contribution < -0.4 is 0 Å². The Labute approximate surface area is 112 Å². The normalized spacial score (nSPS) is 10.4. The van der Waals surface area contributed by atoms with Crippen LogP contribution in [0.2, 0.25) is 0 Å². The minimum atomic E-state index is 0. The van der Waals surface area contributed by atoms with Crippen LogP contribution in [0, 0.1) is 0 Å². The molecule has 2 nitrogen and oxygen atoms in total.